The third kappa shape index (κ3) is 3.30. The van der Waals surface area contributed by atoms with Gasteiger partial charge < -0.3 is 10.2 Å². The van der Waals surface area contributed by atoms with E-state index in [0.717, 1.165) is 25.9 Å². The van der Waals surface area contributed by atoms with Crippen LogP contribution < -0.4 is 10.2 Å². The first-order valence-corrected chi connectivity index (χ1v) is 8.90. The van der Waals surface area contributed by atoms with Gasteiger partial charge in [-0.1, -0.05) is 0 Å². The highest BCUT2D eigenvalue weighted by Crippen LogP contribution is 2.28. The van der Waals surface area contributed by atoms with Crippen molar-refractivity contribution >= 4 is 15.7 Å². The lowest BCUT2D eigenvalue weighted by Gasteiger charge is -2.36. The fraction of sp³-hybridized carbons (Fsp3) is 0.643. The van der Waals surface area contributed by atoms with Crippen LogP contribution in [0.3, 0.4) is 0 Å². The smallest absolute Gasteiger partial charge is 0.179 e. The predicted octanol–water partition coefficient (Wildman–Crippen LogP) is 1.31. The van der Waals surface area contributed by atoms with Gasteiger partial charge in [0, 0.05) is 31.6 Å². The summed E-state index contributed by atoms with van der Waals surface area (Å²) in [5, 5.41) is 3.29. The van der Waals surface area contributed by atoms with Crippen LogP contribution in [0.25, 0.3) is 0 Å². The standard InChI is InChI=1S/C14H23N3O2S/c1-11(15-2)12-6-9-17(10-7-12)14-13(20(3,18)19)5-4-8-16-14/h4-5,8,11-12,15H,6-7,9-10H2,1-3H3. The second-order valence-corrected chi connectivity index (χ2v) is 7.48. The molecule has 1 N–H and O–H groups in total. The Labute approximate surface area is 121 Å². The zero-order chi connectivity index (χ0) is 14.8. The molecule has 1 aliphatic rings. The van der Waals surface area contributed by atoms with Crippen molar-refractivity contribution in [2.45, 2.75) is 30.7 Å². The largest absolute Gasteiger partial charge is 0.356 e. The van der Waals surface area contributed by atoms with Crippen LogP contribution in [0, 0.1) is 5.92 Å². The first-order chi connectivity index (χ1) is 9.43. The molecule has 5 nitrogen and oxygen atoms in total. The summed E-state index contributed by atoms with van der Waals surface area (Å²) in [7, 11) is -1.25. The minimum Gasteiger partial charge on any atom is -0.356 e. The van der Waals surface area contributed by atoms with Crippen LogP contribution in [-0.2, 0) is 9.84 Å². The van der Waals surface area contributed by atoms with Crippen molar-refractivity contribution < 1.29 is 8.42 Å². The predicted molar refractivity (Wildman–Crippen MR) is 80.8 cm³/mol. The summed E-state index contributed by atoms with van der Waals surface area (Å²) in [4.78, 5) is 6.72. The number of pyridine rings is 1. The number of nitrogens with one attached hydrogen (secondary N) is 1. The fourth-order valence-electron chi connectivity index (χ4n) is 2.76. The van der Waals surface area contributed by atoms with Crippen LogP contribution in [0.5, 0.6) is 0 Å². The number of anilines is 1. The van der Waals surface area contributed by atoms with Crippen LogP contribution in [0.1, 0.15) is 19.8 Å². The minimum absolute atomic E-state index is 0.333. The molecule has 1 aromatic heterocycles. The summed E-state index contributed by atoms with van der Waals surface area (Å²) >= 11 is 0. The van der Waals surface area contributed by atoms with E-state index in [1.807, 2.05) is 7.05 Å². The minimum atomic E-state index is -3.23. The molecule has 0 bridgehead atoms. The molecule has 2 heterocycles. The fourth-order valence-corrected chi connectivity index (χ4v) is 3.60. The highest BCUT2D eigenvalue weighted by molar-refractivity contribution is 7.90. The maximum absolute atomic E-state index is 11.8. The van der Waals surface area contributed by atoms with E-state index < -0.39 is 9.84 Å². The van der Waals surface area contributed by atoms with Crippen molar-refractivity contribution in [3.05, 3.63) is 18.3 Å². The highest BCUT2D eigenvalue weighted by Gasteiger charge is 2.26. The van der Waals surface area contributed by atoms with Crippen molar-refractivity contribution in [3.63, 3.8) is 0 Å². The Morgan fingerprint density at radius 3 is 2.60 bits per heavy atom. The van der Waals surface area contributed by atoms with Gasteiger partial charge in [0.05, 0.1) is 0 Å². The van der Waals surface area contributed by atoms with E-state index in [9.17, 15) is 8.42 Å². The third-order valence-electron chi connectivity index (χ3n) is 4.15. The molecule has 0 amide bonds. The van der Waals surface area contributed by atoms with Gasteiger partial charge in [0.2, 0.25) is 0 Å². The molecule has 0 aliphatic carbocycles. The number of aromatic nitrogens is 1. The molecule has 1 fully saturated rings. The van der Waals surface area contributed by atoms with Gasteiger partial charge in [-0.05, 0) is 44.9 Å². The maximum Gasteiger partial charge on any atom is 0.179 e. The van der Waals surface area contributed by atoms with Crippen LogP contribution >= 0.6 is 0 Å². The lowest BCUT2D eigenvalue weighted by Crippen LogP contribution is -2.41. The third-order valence-corrected chi connectivity index (χ3v) is 5.27. The summed E-state index contributed by atoms with van der Waals surface area (Å²) in [6, 6.07) is 3.81. The molecule has 0 spiro atoms. The van der Waals surface area contributed by atoms with Gasteiger partial charge in [-0.2, -0.15) is 0 Å². The summed E-state index contributed by atoms with van der Waals surface area (Å²) in [6.45, 7) is 3.91. The molecule has 1 aromatic rings. The lowest BCUT2D eigenvalue weighted by atomic mass is 9.90. The second-order valence-electron chi connectivity index (χ2n) is 5.50. The first-order valence-electron chi connectivity index (χ1n) is 7.00. The van der Waals surface area contributed by atoms with Gasteiger partial charge in [-0.3, -0.25) is 0 Å². The molecule has 0 aromatic carbocycles. The van der Waals surface area contributed by atoms with Gasteiger partial charge >= 0.3 is 0 Å². The highest BCUT2D eigenvalue weighted by atomic mass is 32.2. The zero-order valence-electron chi connectivity index (χ0n) is 12.3. The SMILES string of the molecule is CNC(C)C1CCN(c2ncccc2S(C)(=O)=O)CC1. The molecule has 1 atom stereocenters. The van der Waals surface area contributed by atoms with Crippen molar-refractivity contribution in [1.82, 2.24) is 10.3 Å². The molecule has 6 heteroatoms. The van der Waals surface area contributed by atoms with Gasteiger partial charge in [-0.15, -0.1) is 0 Å². The topological polar surface area (TPSA) is 62.3 Å². The van der Waals surface area contributed by atoms with E-state index in [4.69, 9.17) is 0 Å². The first kappa shape index (κ1) is 15.3. The monoisotopic (exact) mass is 297 g/mol. The van der Waals surface area contributed by atoms with Crippen molar-refractivity contribution in [2.75, 3.05) is 31.3 Å². The van der Waals surface area contributed by atoms with E-state index in [1.54, 1.807) is 18.3 Å². The molecule has 1 saturated heterocycles. The zero-order valence-corrected chi connectivity index (χ0v) is 13.2. The summed E-state index contributed by atoms with van der Waals surface area (Å²) in [5.74, 6) is 1.24. The molecular formula is C14H23N3O2S. The van der Waals surface area contributed by atoms with Crippen LogP contribution in [0.15, 0.2) is 23.2 Å². The normalized spacial score (nSPS) is 19.1. The molecule has 0 saturated carbocycles. The Morgan fingerprint density at radius 2 is 2.05 bits per heavy atom. The van der Waals surface area contributed by atoms with E-state index in [-0.39, 0.29) is 0 Å². The van der Waals surface area contributed by atoms with E-state index in [2.05, 4.69) is 22.1 Å². The van der Waals surface area contributed by atoms with Gasteiger partial charge in [0.1, 0.15) is 10.7 Å². The Balaban J connectivity index is 2.16. The molecule has 112 valence electrons. The molecule has 2 rings (SSSR count). The van der Waals surface area contributed by atoms with E-state index in [1.165, 1.54) is 6.26 Å². The molecule has 1 aliphatic heterocycles. The number of piperidine rings is 1. The van der Waals surface area contributed by atoms with E-state index in [0.29, 0.717) is 22.7 Å². The Morgan fingerprint density at radius 1 is 1.40 bits per heavy atom. The van der Waals surface area contributed by atoms with Crippen molar-refractivity contribution in [1.29, 1.82) is 0 Å². The number of nitrogens with zero attached hydrogens (tertiary/aromatic N) is 2. The van der Waals surface area contributed by atoms with E-state index >= 15 is 0 Å². The molecule has 0 radical (unpaired) electrons. The number of hydrogen-bond donors (Lipinski definition) is 1. The Kier molecular flexibility index (Phi) is 4.65. The Bertz CT molecular complexity index is 551. The second kappa shape index (κ2) is 6.10. The van der Waals surface area contributed by atoms with Crippen LogP contribution in [0.2, 0.25) is 0 Å². The number of hydrogen-bond acceptors (Lipinski definition) is 5. The van der Waals surface area contributed by atoms with Gasteiger partial charge in [0.15, 0.2) is 9.84 Å². The number of sulfone groups is 1. The summed E-state index contributed by atoms with van der Waals surface area (Å²) in [5.41, 5.74) is 0. The lowest BCUT2D eigenvalue weighted by molar-refractivity contribution is 0.322. The maximum atomic E-state index is 11.8. The van der Waals surface area contributed by atoms with Crippen LogP contribution in [-0.4, -0.2) is 45.8 Å². The Hall–Kier alpha value is -1.14. The van der Waals surface area contributed by atoms with Gasteiger partial charge in [0.25, 0.3) is 0 Å². The average Bonchev–Trinajstić information content (AvgIpc) is 2.46. The molecule has 1 unspecified atom stereocenters. The summed E-state index contributed by atoms with van der Waals surface area (Å²) in [6.07, 6.45) is 5.01. The van der Waals surface area contributed by atoms with Crippen LogP contribution in [0.4, 0.5) is 5.82 Å². The average molecular weight is 297 g/mol. The molecular weight excluding hydrogens is 274 g/mol. The van der Waals surface area contributed by atoms with Crippen molar-refractivity contribution in [2.24, 2.45) is 5.92 Å². The molecule has 20 heavy (non-hydrogen) atoms. The number of rotatable bonds is 4. The summed E-state index contributed by atoms with van der Waals surface area (Å²) < 4.78 is 23.7. The van der Waals surface area contributed by atoms with Crippen molar-refractivity contribution in [3.8, 4) is 0 Å². The quantitative estimate of drug-likeness (QED) is 0.908. The van der Waals surface area contributed by atoms with Gasteiger partial charge in [-0.25, -0.2) is 13.4 Å².